The van der Waals surface area contributed by atoms with Crippen molar-refractivity contribution in [2.24, 2.45) is 17.6 Å². The molecule has 3 unspecified atom stereocenters. The summed E-state index contributed by atoms with van der Waals surface area (Å²) in [7, 11) is 0. The molecule has 3 rings (SSSR count). The van der Waals surface area contributed by atoms with Crippen molar-refractivity contribution < 1.29 is 22.7 Å². The average molecular weight is 329 g/mol. The van der Waals surface area contributed by atoms with Crippen molar-refractivity contribution in [3.8, 4) is 5.88 Å². The third-order valence-electron chi connectivity index (χ3n) is 4.57. The molecule has 126 valence electrons. The van der Waals surface area contributed by atoms with E-state index in [1.807, 2.05) is 0 Å². The van der Waals surface area contributed by atoms with Crippen LogP contribution in [0.25, 0.3) is 0 Å². The second-order valence-corrected chi connectivity index (χ2v) is 6.16. The van der Waals surface area contributed by atoms with Crippen molar-refractivity contribution in [2.45, 2.75) is 25.1 Å². The molecular weight excluding hydrogens is 311 g/mol. The predicted octanol–water partition coefficient (Wildman–Crippen LogP) is 1.83. The van der Waals surface area contributed by atoms with E-state index in [9.17, 15) is 18.0 Å². The van der Waals surface area contributed by atoms with E-state index in [-0.39, 0.29) is 23.4 Å². The number of nitrogens with zero attached hydrogens (tertiary/aromatic N) is 2. The van der Waals surface area contributed by atoms with E-state index in [0.717, 1.165) is 12.8 Å². The van der Waals surface area contributed by atoms with E-state index in [4.69, 9.17) is 5.73 Å². The molecule has 2 fully saturated rings. The molecule has 1 aliphatic carbocycles. The third kappa shape index (κ3) is 3.57. The fourth-order valence-corrected chi connectivity index (χ4v) is 3.43. The van der Waals surface area contributed by atoms with Crippen molar-refractivity contribution >= 4 is 5.91 Å². The number of carbonyl (C=O) groups is 1. The monoisotopic (exact) mass is 329 g/mol. The number of aromatic nitrogens is 1. The summed E-state index contributed by atoms with van der Waals surface area (Å²) in [5.74, 6) is 0.327. The van der Waals surface area contributed by atoms with Gasteiger partial charge in [0, 0.05) is 37.0 Å². The molecule has 5 nitrogen and oxygen atoms in total. The number of hydrogen-bond donors (Lipinski definition) is 1. The zero-order valence-electron chi connectivity index (χ0n) is 12.4. The van der Waals surface area contributed by atoms with Gasteiger partial charge in [0.15, 0.2) is 6.61 Å². The molecule has 0 radical (unpaired) electrons. The number of pyridine rings is 1. The Morgan fingerprint density at radius 2 is 2.17 bits per heavy atom. The van der Waals surface area contributed by atoms with Crippen LogP contribution >= 0.6 is 0 Å². The van der Waals surface area contributed by atoms with Crippen LogP contribution in [-0.4, -0.2) is 47.7 Å². The maximum absolute atomic E-state index is 12.5. The first-order chi connectivity index (χ1) is 10.8. The van der Waals surface area contributed by atoms with Gasteiger partial charge >= 0.3 is 6.18 Å². The predicted molar refractivity (Wildman–Crippen MR) is 75.9 cm³/mol. The Balaban J connectivity index is 1.66. The first kappa shape index (κ1) is 16.0. The van der Waals surface area contributed by atoms with Crippen LogP contribution in [0.1, 0.15) is 23.2 Å². The largest absolute Gasteiger partial charge is 0.468 e. The molecule has 2 aliphatic rings. The standard InChI is InChI=1S/C15H18F3N3O2/c16-15(17,18)8-23-13-5-9(3-4-20-13)14(22)21-6-10-1-2-12(19)11(10)7-21/h3-5,10-12H,1-2,6-8,19H2. The summed E-state index contributed by atoms with van der Waals surface area (Å²) >= 11 is 0. The fraction of sp³-hybridized carbons (Fsp3) is 0.600. The van der Waals surface area contributed by atoms with Crippen molar-refractivity contribution in [1.29, 1.82) is 0 Å². The minimum atomic E-state index is -4.44. The lowest BCUT2D eigenvalue weighted by Gasteiger charge is -2.19. The molecule has 0 aromatic carbocycles. The highest BCUT2D eigenvalue weighted by Gasteiger charge is 2.42. The number of fused-ring (bicyclic) bond motifs is 1. The van der Waals surface area contributed by atoms with Gasteiger partial charge in [0.25, 0.3) is 5.91 Å². The summed E-state index contributed by atoms with van der Waals surface area (Å²) in [6, 6.07) is 2.86. The molecule has 1 aliphatic heterocycles. The molecule has 2 heterocycles. The summed E-state index contributed by atoms with van der Waals surface area (Å²) in [5, 5.41) is 0. The lowest BCUT2D eigenvalue weighted by atomic mass is 9.98. The Bertz CT molecular complexity index is 594. The number of halogens is 3. The molecule has 1 saturated carbocycles. The van der Waals surface area contributed by atoms with Gasteiger partial charge in [-0.1, -0.05) is 0 Å². The molecule has 0 bridgehead atoms. The molecule has 8 heteroatoms. The number of amides is 1. The number of ether oxygens (including phenoxy) is 1. The first-order valence-electron chi connectivity index (χ1n) is 7.54. The maximum atomic E-state index is 12.5. The molecule has 1 aromatic rings. The average Bonchev–Trinajstić information content (AvgIpc) is 3.07. The summed E-state index contributed by atoms with van der Waals surface area (Å²) in [6.07, 6.45) is -1.15. The van der Waals surface area contributed by atoms with Gasteiger partial charge in [0.2, 0.25) is 5.88 Å². The van der Waals surface area contributed by atoms with Crippen molar-refractivity contribution in [1.82, 2.24) is 9.88 Å². The topological polar surface area (TPSA) is 68.5 Å². The Kier molecular flexibility index (Phi) is 4.18. The smallest absolute Gasteiger partial charge is 0.422 e. The SMILES string of the molecule is NC1CCC2CN(C(=O)c3ccnc(OCC(F)(F)F)c3)CC12. The van der Waals surface area contributed by atoms with Gasteiger partial charge < -0.3 is 15.4 Å². The lowest BCUT2D eigenvalue weighted by Crippen LogP contribution is -2.33. The fourth-order valence-electron chi connectivity index (χ4n) is 3.43. The Morgan fingerprint density at radius 1 is 1.39 bits per heavy atom. The molecular formula is C15H18F3N3O2. The zero-order chi connectivity index (χ0) is 16.6. The van der Waals surface area contributed by atoms with Crippen LogP contribution in [-0.2, 0) is 0 Å². The van der Waals surface area contributed by atoms with Gasteiger partial charge in [-0.15, -0.1) is 0 Å². The summed E-state index contributed by atoms with van der Waals surface area (Å²) in [6.45, 7) is -0.176. The third-order valence-corrected chi connectivity index (χ3v) is 4.57. The van der Waals surface area contributed by atoms with Crippen molar-refractivity contribution in [3.05, 3.63) is 23.9 Å². The quantitative estimate of drug-likeness (QED) is 0.919. The minimum absolute atomic E-state index is 0.126. The van der Waals surface area contributed by atoms with Crippen LogP contribution in [0, 0.1) is 11.8 Å². The Morgan fingerprint density at radius 3 is 2.87 bits per heavy atom. The normalized spacial score (nSPS) is 27.1. The zero-order valence-corrected chi connectivity index (χ0v) is 12.4. The van der Waals surface area contributed by atoms with Crippen molar-refractivity contribution in [3.63, 3.8) is 0 Å². The molecule has 3 atom stereocenters. The minimum Gasteiger partial charge on any atom is -0.468 e. The van der Waals surface area contributed by atoms with E-state index in [0.29, 0.717) is 24.9 Å². The van der Waals surface area contributed by atoms with E-state index in [2.05, 4.69) is 9.72 Å². The summed E-state index contributed by atoms with van der Waals surface area (Å²) in [5.41, 5.74) is 6.33. The van der Waals surface area contributed by atoms with E-state index in [1.165, 1.54) is 18.3 Å². The van der Waals surface area contributed by atoms with Crippen LogP contribution in [0.2, 0.25) is 0 Å². The number of rotatable bonds is 3. The number of carbonyl (C=O) groups excluding carboxylic acids is 1. The van der Waals surface area contributed by atoms with Crippen LogP contribution < -0.4 is 10.5 Å². The molecule has 1 aromatic heterocycles. The van der Waals surface area contributed by atoms with Gasteiger partial charge in [0.1, 0.15) is 0 Å². The number of alkyl halides is 3. The number of likely N-dealkylation sites (tertiary alicyclic amines) is 1. The van der Waals surface area contributed by atoms with Gasteiger partial charge in [-0.05, 0) is 30.7 Å². The highest BCUT2D eigenvalue weighted by Crippen LogP contribution is 2.37. The maximum Gasteiger partial charge on any atom is 0.422 e. The van der Waals surface area contributed by atoms with Crippen LogP contribution in [0.15, 0.2) is 18.3 Å². The molecule has 2 N–H and O–H groups in total. The lowest BCUT2D eigenvalue weighted by molar-refractivity contribution is -0.154. The second-order valence-electron chi connectivity index (χ2n) is 6.16. The Labute approximate surface area is 131 Å². The van der Waals surface area contributed by atoms with Gasteiger partial charge in [0.05, 0.1) is 0 Å². The van der Waals surface area contributed by atoms with E-state index in [1.54, 1.807) is 4.90 Å². The number of nitrogens with two attached hydrogens (primary N) is 1. The van der Waals surface area contributed by atoms with Crippen LogP contribution in [0.3, 0.4) is 0 Å². The summed E-state index contributed by atoms with van der Waals surface area (Å²) in [4.78, 5) is 17.9. The van der Waals surface area contributed by atoms with Gasteiger partial charge in [-0.25, -0.2) is 4.98 Å². The van der Waals surface area contributed by atoms with Gasteiger partial charge in [-0.2, -0.15) is 13.2 Å². The highest BCUT2D eigenvalue weighted by atomic mass is 19.4. The van der Waals surface area contributed by atoms with E-state index >= 15 is 0 Å². The summed E-state index contributed by atoms with van der Waals surface area (Å²) < 4.78 is 41.1. The molecule has 1 saturated heterocycles. The van der Waals surface area contributed by atoms with Gasteiger partial charge in [-0.3, -0.25) is 4.79 Å². The van der Waals surface area contributed by atoms with Crippen molar-refractivity contribution in [2.75, 3.05) is 19.7 Å². The van der Waals surface area contributed by atoms with Crippen LogP contribution in [0.4, 0.5) is 13.2 Å². The van der Waals surface area contributed by atoms with Crippen LogP contribution in [0.5, 0.6) is 5.88 Å². The number of hydrogen-bond acceptors (Lipinski definition) is 4. The molecule has 23 heavy (non-hydrogen) atoms. The molecule has 0 spiro atoms. The second kappa shape index (κ2) is 5.99. The van der Waals surface area contributed by atoms with E-state index < -0.39 is 12.8 Å². The molecule has 1 amide bonds. The highest BCUT2D eigenvalue weighted by molar-refractivity contribution is 5.94. The first-order valence-corrected chi connectivity index (χ1v) is 7.54. The Hall–Kier alpha value is -1.83.